The predicted molar refractivity (Wildman–Crippen MR) is 246 cm³/mol. The Morgan fingerprint density at radius 3 is 1.91 bits per heavy atom. The van der Waals surface area contributed by atoms with E-state index in [9.17, 15) is 19.2 Å². The molecule has 0 unspecified atom stereocenters. The minimum atomic E-state index is -0.661. The fourth-order valence-corrected chi connectivity index (χ4v) is 8.80. The summed E-state index contributed by atoms with van der Waals surface area (Å²) in [4.78, 5) is 71.9. The first-order valence-corrected chi connectivity index (χ1v) is 22.2. The lowest BCUT2D eigenvalue weighted by Gasteiger charge is -2.33. The Morgan fingerprint density at radius 1 is 0.766 bits per heavy atom. The topological polar surface area (TPSA) is 236 Å². The zero-order valence-electron chi connectivity index (χ0n) is 37.1. The number of piperazine rings is 1. The number of thiazole rings is 1. The van der Waals surface area contributed by atoms with Crippen molar-refractivity contribution in [3.63, 3.8) is 0 Å². The molecule has 0 saturated carbocycles. The van der Waals surface area contributed by atoms with Gasteiger partial charge in [-0.3, -0.25) is 34.5 Å². The number of likely N-dealkylation sites (N-methyl/N-ethyl adjacent to an activating group) is 1. The smallest absolute Gasteiger partial charge is 0.276 e. The lowest BCUT2D eigenvalue weighted by Crippen LogP contribution is -2.46. The Bertz CT molecular complexity index is 2740. The number of anilines is 2. The standard InChI is InChI=1S/C44H55N13O6S/c1-7-30-38(64-27(5)47-30)42(61)51-44-49-32-23-29(40(46)59)25-35(63-20-12-13-54-18-16-53(8-2)17-19-54)37(32)56(44)15-11-10-14-55-36-31(22-28(39(45)58)24-34(36)62-6)48-43(55)50-41(60)33-21-26(4)52-57(33)9-3/h10-11,21-25H,7-9,12-20H2,1-6H3,(H2,45,58)(H2,46,59)(H,48,50,60)(H,49,51,61)/b11-10+. The molecule has 0 spiro atoms. The van der Waals surface area contributed by atoms with Crippen molar-refractivity contribution in [3.05, 3.63) is 80.6 Å². The van der Waals surface area contributed by atoms with Crippen molar-refractivity contribution in [2.75, 3.05) is 63.6 Å². The largest absolute Gasteiger partial charge is 0.494 e. The molecule has 0 aliphatic carbocycles. The number of nitrogens with zero attached hydrogens (tertiary/aromatic N) is 9. The van der Waals surface area contributed by atoms with Crippen LogP contribution in [0.15, 0.2) is 42.5 Å². The molecule has 5 heterocycles. The second-order valence-electron chi connectivity index (χ2n) is 15.4. The Labute approximate surface area is 374 Å². The molecule has 0 bridgehead atoms. The highest BCUT2D eigenvalue weighted by molar-refractivity contribution is 7.13. The van der Waals surface area contributed by atoms with E-state index in [4.69, 9.17) is 30.9 Å². The number of aromatic nitrogens is 7. The molecule has 64 heavy (non-hydrogen) atoms. The number of carbonyl (C=O) groups excluding carboxylic acids is 4. The van der Waals surface area contributed by atoms with E-state index in [2.05, 4.69) is 37.4 Å². The van der Waals surface area contributed by atoms with Gasteiger partial charge in [0.2, 0.25) is 23.7 Å². The van der Waals surface area contributed by atoms with Crippen LogP contribution in [0.3, 0.4) is 0 Å². The molecule has 1 fully saturated rings. The van der Waals surface area contributed by atoms with Gasteiger partial charge in [0.05, 0.1) is 41.1 Å². The van der Waals surface area contributed by atoms with E-state index in [1.807, 2.05) is 44.4 Å². The summed E-state index contributed by atoms with van der Waals surface area (Å²) in [5.41, 5.74) is 15.5. The zero-order chi connectivity index (χ0) is 45.7. The predicted octanol–water partition coefficient (Wildman–Crippen LogP) is 4.61. The fourth-order valence-electron chi connectivity index (χ4n) is 7.90. The molecule has 0 atom stereocenters. The average Bonchev–Trinajstić information content (AvgIpc) is 4.05. The summed E-state index contributed by atoms with van der Waals surface area (Å²) in [7, 11) is 1.47. The summed E-state index contributed by atoms with van der Waals surface area (Å²) >= 11 is 1.30. The van der Waals surface area contributed by atoms with Crippen molar-refractivity contribution in [1.29, 1.82) is 0 Å². The van der Waals surface area contributed by atoms with Crippen molar-refractivity contribution in [2.24, 2.45) is 11.5 Å². The van der Waals surface area contributed by atoms with Gasteiger partial charge < -0.3 is 39.9 Å². The summed E-state index contributed by atoms with van der Waals surface area (Å²) in [5.74, 6) is -0.949. The van der Waals surface area contributed by atoms with Crippen LogP contribution in [0.4, 0.5) is 11.9 Å². The van der Waals surface area contributed by atoms with Crippen LogP contribution >= 0.6 is 11.3 Å². The number of nitrogens with two attached hydrogens (primary N) is 2. The van der Waals surface area contributed by atoms with Crippen LogP contribution in [-0.4, -0.2) is 120 Å². The number of methoxy groups -OCH3 is 1. The van der Waals surface area contributed by atoms with Gasteiger partial charge in [0, 0.05) is 63.5 Å². The molecule has 4 amide bonds. The molecule has 1 aliphatic heterocycles. The zero-order valence-corrected chi connectivity index (χ0v) is 37.9. The van der Waals surface area contributed by atoms with Crippen LogP contribution in [0.25, 0.3) is 22.1 Å². The SMILES string of the molecule is CCc1nc(C)sc1C(=O)Nc1nc2cc(C(N)=O)cc(OCCCN3CCN(CC)CC3)c2n1C/C=C/Cn1c(NC(=O)c2cc(C)nn2CC)nc2cc(C(N)=O)cc(OC)c21. The van der Waals surface area contributed by atoms with Gasteiger partial charge in [-0.05, 0) is 70.5 Å². The van der Waals surface area contributed by atoms with Gasteiger partial charge in [-0.1, -0.05) is 26.0 Å². The van der Waals surface area contributed by atoms with Crippen LogP contribution in [-0.2, 0) is 26.1 Å². The van der Waals surface area contributed by atoms with Gasteiger partial charge in [0.25, 0.3) is 11.8 Å². The maximum atomic E-state index is 13.9. The van der Waals surface area contributed by atoms with Crippen molar-refractivity contribution < 1.29 is 28.7 Å². The number of ether oxygens (including phenoxy) is 2. The normalized spacial score (nSPS) is 13.6. The second kappa shape index (κ2) is 19.8. The first-order valence-electron chi connectivity index (χ1n) is 21.4. The van der Waals surface area contributed by atoms with Crippen molar-refractivity contribution >= 4 is 68.9 Å². The molecule has 7 rings (SSSR count). The number of primary amides is 2. The summed E-state index contributed by atoms with van der Waals surface area (Å²) in [6.07, 6.45) is 5.07. The molecule has 1 saturated heterocycles. The van der Waals surface area contributed by atoms with Gasteiger partial charge in [0.15, 0.2) is 0 Å². The van der Waals surface area contributed by atoms with E-state index in [1.165, 1.54) is 24.5 Å². The number of imidazole rings is 2. The third-order valence-electron chi connectivity index (χ3n) is 11.2. The highest BCUT2D eigenvalue weighted by Gasteiger charge is 2.24. The third-order valence-corrected chi connectivity index (χ3v) is 12.2. The minimum absolute atomic E-state index is 0.181. The number of amides is 4. The van der Waals surface area contributed by atoms with E-state index in [-0.39, 0.29) is 42.0 Å². The molecule has 19 nitrogen and oxygen atoms in total. The molecule has 4 aromatic heterocycles. The Hall–Kier alpha value is -6.64. The highest BCUT2D eigenvalue weighted by atomic mass is 32.1. The number of aryl methyl sites for hydroxylation is 4. The first-order chi connectivity index (χ1) is 30.8. The Kier molecular flexibility index (Phi) is 14.1. The third kappa shape index (κ3) is 9.78. The van der Waals surface area contributed by atoms with E-state index in [1.54, 1.807) is 33.5 Å². The van der Waals surface area contributed by atoms with E-state index < -0.39 is 17.7 Å². The molecule has 20 heteroatoms. The lowest BCUT2D eigenvalue weighted by molar-refractivity contribution is 0.0991. The molecule has 6 N–H and O–H groups in total. The van der Waals surface area contributed by atoms with Crippen LogP contribution < -0.4 is 31.6 Å². The van der Waals surface area contributed by atoms with Crippen LogP contribution in [0.2, 0.25) is 0 Å². The van der Waals surface area contributed by atoms with E-state index in [0.29, 0.717) is 75.1 Å². The van der Waals surface area contributed by atoms with Crippen LogP contribution in [0.5, 0.6) is 11.5 Å². The van der Waals surface area contributed by atoms with Gasteiger partial charge in [-0.25, -0.2) is 15.0 Å². The van der Waals surface area contributed by atoms with Crippen LogP contribution in [0, 0.1) is 13.8 Å². The maximum absolute atomic E-state index is 13.9. The molecular formula is C44H55N13O6S. The number of allylic oxidation sites excluding steroid dienone is 2. The minimum Gasteiger partial charge on any atom is -0.494 e. The molecule has 0 radical (unpaired) electrons. The van der Waals surface area contributed by atoms with E-state index in [0.717, 1.165) is 50.7 Å². The van der Waals surface area contributed by atoms with Gasteiger partial charge in [-0.2, -0.15) is 5.10 Å². The van der Waals surface area contributed by atoms with Gasteiger partial charge in [-0.15, -0.1) is 11.3 Å². The molecule has 6 aromatic rings. The van der Waals surface area contributed by atoms with Crippen molar-refractivity contribution in [2.45, 2.75) is 67.1 Å². The number of hydrogen-bond acceptors (Lipinski definition) is 13. The highest BCUT2D eigenvalue weighted by Crippen LogP contribution is 2.33. The lowest BCUT2D eigenvalue weighted by atomic mass is 10.1. The Morgan fingerprint density at radius 2 is 1.34 bits per heavy atom. The summed E-state index contributed by atoms with van der Waals surface area (Å²) in [5, 5.41) is 11.1. The quantitative estimate of drug-likeness (QED) is 0.0645. The maximum Gasteiger partial charge on any atom is 0.276 e. The summed E-state index contributed by atoms with van der Waals surface area (Å²) in [6, 6.07) is 7.98. The van der Waals surface area contributed by atoms with Gasteiger partial charge >= 0.3 is 0 Å². The molecule has 1 aliphatic rings. The molecule has 338 valence electrons. The number of nitrogens with one attached hydrogen (secondary N) is 2. The number of benzene rings is 2. The Balaban J connectivity index is 1.24. The first kappa shape index (κ1) is 45.4. The fraction of sp³-hybridized carbons (Fsp3) is 0.409. The second-order valence-corrected chi connectivity index (χ2v) is 16.6. The van der Waals surface area contributed by atoms with Crippen molar-refractivity contribution in [3.8, 4) is 11.5 Å². The van der Waals surface area contributed by atoms with Crippen LogP contribution in [0.1, 0.15) is 84.5 Å². The number of rotatable bonds is 19. The monoisotopic (exact) mass is 893 g/mol. The molecular weight excluding hydrogens is 839 g/mol. The van der Waals surface area contributed by atoms with Crippen molar-refractivity contribution in [1.82, 2.24) is 43.7 Å². The average molecular weight is 894 g/mol. The number of fused-ring (bicyclic) bond motifs is 2. The number of carbonyl (C=O) groups is 4. The van der Waals surface area contributed by atoms with E-state index >= 15 is 0 Å². The molecule has 2 aromatic carbocycles. The summed E-state index contributed by atoms with van der Waals surface area (Å²) in [6.45, 7) is 16.8. The number of hydrogen-bond donors (Lipinski definition) is 4. The summed E-state index contributed by atoms with van der Waals surface area (Å²) < 4.78 is 17.3. The van der Waals surface area contributed by atoms with Gasteiger partial charge in [0.1, 0.15) is 33.1 Å².